The number of halogens is 2. The summed E-state index contributed by atoms with van der Waals surface area (Å²) in [5, 5.41) is 15.9. The van der Waals surface area contributed by atoms with E-state index in [9.17, 15) is 18.8 Å². The number of benzene rings is 2. The lowest BCUT2D eigenvalue weighted by molar-refractivity contribution is 0.0949. The SMILES string of the molecule is Cc1c(C(=O)Nc2ccc(Cl)c(C(=O)NCc3ccccc3F)c2)cnn1-c1ccc(=O)[nH]n1. The highest BCUT2D eigenvalue weighted by molar-refractivity contribution is 6.34. The maximum Gasteiger partial charge on any atom is 0.264 e. The Hall–Kier alpha value is -4.31. The van der Waals surface area contributed by atoms with Gasteiger partial charge in [0.25, 0.3) is 17.4 Å². The predicted octanol–water partition coefficient (Wildman–Crippen LogP) is 3.24. The van der Waals surface area contributed by atoms with Crippen LogP contribution in [0.5, 0.6) is 0 Å². The van der Waals surface area contributed by atoms with E-state index in [1.54, 1.807) is 31.2 Å². The van der Waals surface area contributed by atoms with Crippen LogP contribution in [0.15, 0.2) is 65.6 Å². The van der Waals surface area contributed by atoms with Gasteiger partial charge in [0.1, 0.15) is 5.82 Å². The predicted molar refractivity (Wildman–Crippen MR) is 124 cm³/mol. The molecule has 2 aromatic carbocycles. The summed E-state index contributed by atoms with van der Waals surface area (Å²) >= 11 is 6.17. The van der Waals surface area contributed by atoms with Crippen molar-refractivity contribution in [3.05, 3.63) is 104 Å². The molecule has 4 rings (SSSR count). The fraction of sp³-hybridized carbons (Fsp3) is 0.0870. The summed E-state index contributed by atoms with van der Waals surface area (Å²) in [5.41, 5.74) is 1.20. The Labute approximate surface area is 197 Å². The number of rotatable bonds is 6. The number of aromatic amines is 1. The summed E-state index contributed by atoms with van der Waals surface area (Å²) in [7, 11) is 0. The first-order valence-corrected chi connectivity index (χ1v) is 10.4. The van der Waals surface area contributed by atoms with Crippen LogP contribution in [0.25, 0.3) is 5.82 Å². The number of amides is 2. The summed E-state index contributed by atoms with van der Waals surface area (Å²) < 4.78 is 15.2. The average Bonchev–Trinajstić information content (AvgIpc) is 3.21. The first-order valence-electron chi connectivity index (χ1n) is 10.1. The molecule has 2 aromatic heterocycles. The van der Waals surface area contributed by atoms with Crippen molar-refractivity contribution in [2.24, 2.45) is 0 Å². The highest BCUT2D eigenvalue weighted by Gasteiger charge is 2.18. The largest absolute Gasteiger partial charge is 0.348 e. The Balaban J connectivity index is 1.49. The molecule has 2 amide bonds. The van der Waals surface area contributed by atoms with Gasteiger partial charge in [-0.25, -0.2) is 14.2 Å². The molecule has 172 valence electrons. The van der Waals surface area contributed by atoms with Crippen LogP contribution in [0.4, 0.5) is 10.1 Å². The van der Waals surface area contributed by atoms with Crippen LogP contribution >= 0.6 is 11.6 Å². The van der Waals surface area contributed by atoms with Gasteiger partial charge in [-0.15, -0.1) is 0 Å². The van der Waals surface area contributed by atoms with E-state index in [0.717, 1.165) is 0 Å². The van der Waals surface area contributed by atoms with Crippen molar-refractivity contribution in [3.63, 3.8) is 0 Å². The number of hydrogen-bond acceptors (Lipinski definition) is 5. The molecular weight excluding hydrogens is 463 g/mol. The topological polar surface area (TPSA) is 122 Å². The first kappa shape index (κ1) is 22.9. The second kappa shape index (κ2) is 9.67. The zero-order valence-corrected chi connectivity index (χ0v) is 18.6. The van der Waals surface area contributed by atoms with Gasteiger partial charge >= 0.3 is 0 Å². The highest BCUT2D eigenvalue weighted by Crippen LogP contribution is 2.22. The van der Waals surface area contributed by atoms with Crippen molar-refractivity contribution >= 4 is 29.1 Å². The smallest absolute Gasteiger partial charge is 0.264 e. The van der Waals surface area contributed by atoms with Crippen LogP contribution in [-0.4, -0.2) is 31.8 Å². The molecule has 0 aliphatic heterocycles. The molecule has 9 nitrogen and oxygen atoms in total. The number of anilines is 1. The second-order valence-electron chi connectivity index (χ2n) is 7.26. The second-order valence-corrected chi connectivity index (χ2v) is 7.66. The molecule has 0 fully saturated rings. The Morgan fingerprint density at radius 3 is 2.62 bits per heavy atom. The van der Waals surface area contributed by atoms with E-state index in [2.05, 4.69) is 25.9 Å². The average molecular weight is 481 g/mol. The van der Waals surface area contributed by atoms with Crippen LogP contribution in [0.2, 0.25) is 5.02 Å². The Morgan fingerprint density at radius 1 is 1.09 bits per heavy atom. The Kier molecular flexibility index (Phi) is 6.51. The minimum Gasteiger partial charge on any atom is -0.348 e. The van der Waals surface area contributed by atoms with Gasteiger partial charge in [0, 0.05) is 23.9 Å². The molecule has 4 aromatic rings. The zero-order valence-electron chi connectivity index (χ0n) is 17.8. The molecule has 0 aliphatic carbocycles. The third kappa shape index (κ3) is 4.86. The van der Waals surface area contributed by atoms with E-state index >= 15 is 0 Å². The van der Waals surface area contributed by atoms with Gasteiger partial charge in [0.05, 0.1) is 28.0 Å². The summed E-state index contributed by atoms with van der Waals surface area (Å²) in [4.78, 5) is 36.7. The van der Waals surface area contributed by atoms with Crippen LogP contribution < -0.4 is 16.2 Å². The van der Waals surface area contributed by atoms with Crippen molar-refractivity contribution in [2.75, 3.05) is 5.32 Å². The fourth-order valence-corrected chi connectivity index (χ4v) is 3.41. The van der Waals surface area contributed by atoms with E-state index < -0.39 is 17.6 Å². The maximum absolute atomic E-state index is 13.8. The van der Waals surface area contributed by atoms with Crippen molar-refractivity contribution in [1.82, 2.24) is 25.3 Å². The van der Waals surface area contributed by atoms with Crippen molar-refractivity contribution in [2.45, 2.75) is 13.5 Å². The summed E-state index contributed by atoms with van der Waals surface area (Å²) in [6, 6.07) is 13.4. The molecule has 0 radical (unpaired) electrons. The molecule has 11 heteroatoms. The lowest BCUT2D eigenvalue weighted by atomic mass is 10.1. The lowest BCUT2D eigenvalue weighted by Gasteiger charge is -2.10. The standard InChI is InChI=1S/C23H18ClFN6O3/c1-13-17(12-27-31(13)20-8-9-21(32)30-29-20)23(34)28-15-6-7-18(24)16(10-15)22(33)26-11-14-4-2-3-5-19(14)25/h2-10,12H,11H2,1H3,(H,26,33)(H,28,34)(H,30,32). The number of H-pyrrole nitrogens is 1. The summed E-state index contributed by atoms with van der Waals surface area (Å²) in [6.07, 6.45) is 1.37. The molecule has 0 saturated heterocycles. The highest BCUT2D eigenvalue weighted by atomic mass is 35.5. The number of nitrogens with one attached hydrogen (secondary N) is 3. The molecule has 0 aliphatic rings. The number of carbonyl (C=O) groups is 2. The van der Waals surface area contributed by atoms with Crippen LogP contribution in [0.3, 0.4) is 0 Å². The molecule has 0 bridgehead atoms. The van der Waals surface area contributed by atoms with Gasteiger partial charge in [-0.05, 0) is 37.3 Å². The monoisotopic (exact) mass is 480 g/mol. The van der Waals surface area contributed by atoms with Gasteiger partial charge in [0.15, 0.2) is 5.82 Å². The Bertz CT molecular complexity index is 1430. The molecule has 0 spiro atoms. The normalized spacial score (nSPS) is 10.7. The first-order chi connectivity index (χ1) is 16.3. The summed E-state index contributed by atoms with van der Waals surface area (Å²) in [6.45, 7) is 1.66. The van der Waals surface area contributed by atoms with E-state index in [4.69, 9.17) is 11.6 Å². The Morgan fingerprint density at radius 2 is 1.88 bits per heavy atom. The van der Waals surface area contributed by atoms with Crippen LogP contribution in [0, 0.1) is 12.7 Å². The molecule has 2 heterocycles. The van der Waals surface area contributed by atoms with Gasteiger partial charge in [-0.3, -0.25) is 14.4 Å². The lowest BCUT2D eigenvalue weighted by Crippen LogP contribution is -2.24. The number of aromatic nitrogens is 4. The third-order valence-corrected chi connectivity index (χ3v) is 5.33. The van der Waals surface area contributed by atoms with E-state index in [0.29, 0.717) is 22.8 Å². The van der Waals surface area contributed by atoms with Gasteiger partial charge in [-0.1, -0.05) is 29.8 Å². The quantitative estimate of drug-likeness (QED) is 0.391. The van der Waals surface area contributed by atoms with Crippen molar-refractivity contribution < 1.29 is 14.0 Å². The fourth-order valence-electron chi connectivity index (χ4n) is 3.21. The molecule has 3 N–H and O–H groups in total. The summed E-state index contributed by atoms with van der Waals surface area (Å²) in [5.74, 6) is -1.06. The van der Waals surface area contributed by atoms with Gasteiger partial charge in [0.2, 0.25) is 0 Å². The van der Waals surface area contributed by atoms with Crippen molar-refractivity contribution in [3.8, 4) is 5.82 Å². The molecular formula is C23H18ClFN6O3. The van der Waals surface area contributed by atoms with Crippen LogP contribution in [0.1, 0.15) is 32.0 Å². The molecule has 34 heavy (non-hydrogen) atoms. The molecule has 0 saturated carbocycles. The van der Waals surface area contributed by atoms with E-state index in [1.807, 2.05) is 0 Å². The van der Waals surface area contributed by atoms with Crippen molar-refractivity contribution in [1.29, 1.82) is 0 Å². The van der Waals surface area contributed by atoms with E-state index in [-0.39, 0.29) is 28.3 Å². The minimum absolute atomic E-state index is 0.0183. The molecule has 0 atom stereocenters. The maximum atomic E-state index is 13.8. The van der Waals surface area contributed by atoms with Crippen LogP contribution in [-0.2, 0) is 6.54 Å². The minimum atomic E-state index is -0.516. The van der Waals surface area contributed by atoms with Gasteiger partial charge < -0.3 is 10.6 Å². The third-order valence-electron chi connectivity index (χ3n) is 5.00. The van der Waals surface area contributed by atoms with E-state index in [1.165, 1.54) is 41.2 Å². The zero-order chi connectivity index (χ0) is 24.2. The number of carbonyl (C=O) groups excluding carboxylic acids is 2. The van der Waals surface area contributed by atoms with Gasteiger partial charge in [-0.2, -0.15) is 10.2 Å². The number of nitrogens with zero attached hydrogens (tertiary/aromatic N) is 3. The number of hydrogen-bond donors (Lipinski definition) is 3. The molecule has 0 unspecified atom stereocenters.